The topological polar surface area (TPSA) is 29.5 Å². The number of rotatable bonds is 3. The lowest BCUT2D eigenvalue weighted by Gasteiger charge is -2.32. The van der Waals surface area contributed by atoms with Gasteiger partial charge in [0.15, 0.2) is 5.60 Å². The zero-order chi connectivity index (χ0) is 14.0. The fourth-order valence-electron chi connectivity index (χ4n) is 3.26. The van der Waals surface area contributed by atoms with Crippen molar-refractivity contribution in [3.05, 3.63) is 48.2 Å². The Hall–Kier alpha value is -1.77. The van der Waals surface area contributed by atoms with Crippen LogP contribution in [0.15, 0.2) is 42.6 Å². The van der Waals surface area contributed by atoms with Crippen LogP contribution in [0.1, 0.15) is 37.7 Å². The van der Waals surface area contributed by atoms with E-state index in [1.807, 2.05) is 18.2 Å². The van der Waals surface area contributed by atoms with Crippen molar-refractivity contribution in [1.82, 2.24) is 4.90 Å². The second-order valence-electron chi connectivity index (χ2n) is 5.76. The highest BCUT2D eigenvalue weighted by molar-refractivity contribution is 5.75. The third-order valence-corrected chi connectivity index (χ3v) is 4.48. The third-order valence-electron chi connectivity index (χ3n) is 4.48. The standard InChI is InChI=1S/C17H21NO2/c1-14-17(11-6-3-7-12-17)20-16(19)18(14)13-10-15-8-4-2-5-9-15/h2,4-5,8-9H,1,3,6-7,10-13H2. The minimum absolute atomic E-state index is 0.215. The Labute approximate surface area is 120 Å². The Bertz CT molecular complexity index is 503. The van der Waals surface area contributed by atoms with E-state index in [0.29, 0.717) is 6.54 Å². The van der Waals surface area contributed by atoms with Crippen LogP contribution in [-0.2, 0) is 11.2 Å². The summed E-state index contributed by atoms with van der Waals surface area (Å²) in [6.45, 7) is 4.81. The smallest absolute Gasteiger partial charge is 0.415 e. The molecule has 3 nitrogen and oxygen atoms in total. The molecule has 2 aliphatic rings. The molecule has 3 rings (SSSR count). The van der Waals surface area contributed by atoms with Crippen molar-refractivity contribution in [3.8, 4) is 0 Å². The van der Waals surface area contributed by atoms with Crippen molar-refractivity contribution in [2.24, 2.45) is 0 Å². The van der Waals surface area contributed by atoms with Crippen LogP contribution in [0.2, 0.25) is 0 Å². The van der Waals surface area contributed by atoms with Crippen molar-refractivity contribution in [2.75, 3.05) is 6.54 Å². The summed E-state index contributed by atoms with van der Waals surface area (Å²) in [5.41, 5.74) is 1.71. The van der Waals surface area contributed by atoms with Crippen LogP contribution in [0.4, 0.5) is 4.79 Å². The number of nitrogens with zero attached hydrogens (tertiary/aromatic N) is 1. The van der Waals surface area contributed by atoms with Gasteiger partial charge < -0.3 is 4.74 Å². The summed E-state index contributed by atoms with van der Waals surface area (Å²) < 4.78 is 5.69. The molecule has 106 valence electrons. The van der Waals surface area contributed by atoms with Gasteiger partial charge in [-0.15, -0.1) is 0 Å². The molecule has 0 N–H and O–H groups in total. The molecule has 0 aromatic heterocycles. The first-order chi connectivity index (χ1) is 9.71. The summed E-state index contributed by atoms with van der Waals surface area (Å²) in [4.78, 5) is 13.9. The minimum Gasteiger partial charge on any atom is -0.436 e. The quantitative estimate of drug-likeness (QED) is 0.834. The van der Waals surface area contributed by atoms with E-state index >= 15 is 0 Å². The predicted octanol–water partition coefficient (Wildman–Crippen LogP) is 3.90. The van der Waals surface area contributed by atoms with E-state index in [-0.39, 0.29) is 6.09 Å². The van der Waals surface area contributed by atoms with Crippen molar-refractivity contribution in [3.63, 3.8) is 0 Å². The molecule has 20 heavy (non-hydrogen) atoms. The molecule has 1 amide bonds. The minimum atomic E-state index is -0.397. The first kappa shape index (κ1) is 13.2. The van der Waals surface area contributed by atoms with Crippen molar-refractivity contribution in [1.29, 1.82) is 0 Å². The summed E-state index contributed by atoms with van der Waals surface area (Å²) >= 11 is 0. The Morgan fingerprint density at radius 3 is 2.55 bits per heavy atom. The highest BCUT2D eigenvalue weighted by Crippen LogP contribution is 2.43. The SMILES string of the molecule is C=C1N(CCc2ccccc2)C(=O)OC12CCCCC2. The Balaban J connectivity index is 1.68. The molecule has 3 heteroatoms. The summed E-state index contributed by atoms with van der Waals surface area (Å²) in [6.07, 6.45) is 5.96. The van der Waals surface area contributed by atoms with E-state index in [4.69, 9.17) is 4.74 Å². The molecule has 2 fully saturated rings. The zero-order valence-electron chi connectivity index (χ0n) is 11.8. The van der Waals surface area contributed by atoms with Crippen LogP contribution in [0.5, 0.6) is 0 Å². The van der Waals surface area contributed by atoms with E-state index in [1.54, 1.807) is 4.90 Å². The number of carbonyl (C=O) groups excluding carboxylic acids is 1. The monoisotopic (exact) mass is 271 g/mol. The van der Waals surface area contributed by atoms with Gasteiger partial charge in [-0.1, -0.05) is 43.3 Å². The lowest BCUT2D eigenvalue weighted by atomic mass is 9.83. The summed E-state index contributed by atoms with van der Waals surface area (Å²) in [6, 6.07) is 10.2. The van der Waals surface area contributed by atoms with Crippen molar-refractivity contribution >= 4 is 6.09 Å². The van der Waals surface area contributed by atoms with E-state index in [2.05, 4.69) is 18.7 Å². The van der Waals surface area contributed by atoms with Gasteiger partial charge in [-0.05, 0) is 37.7 Å². The van der Waals surface area contributed by atoms with Gasteiger partial charge in [-0.25, -0.2) is 4.79 Å². The number of amides is 1. The average molecular weight is 271 g/mol. The van der Waals surface area contributed by atoms with E-state index in [1.165, 1.54) is 12.0 Å². The molecular formula is C17H21NO2. The molecule has 1 spiro atoms. The van der Waals surface area contributed by atoms with E-state index in [9.17, 15) is 4.79 Å². The lowest BCUT2D eigenvalue weighted by Crippen LogP contribution is -2.34. The normalized spacial score (nSPS) is 21.3. The van der Waals surface area contributed by atoms with Gasteiger partial charge in [-0.2, -0.15) is 0 Å². The number of hydrogen-bond donors (Lipinski definition) is 0. The van der Waals surface area contributed by atoms with Crippen molar-refractivity contribution < 1.29 is 9.53 Å². The van der Waals surface area contributed by atoms with Crippen molar-refractivity contribution in [2.45, 2.75) is 44.1 Å². The fourth-order valence-corrected chi connectivity index (χ4v) is 3.26. The first-order valence-corrected chi connectivity index (χ1v) is 7.45. The second-order valence-corrected chi connectivity index (χ2v) is 5.76. The largest absolute Gasteiger partial charge is 0.436 e. The van der Waals surface area contributed by atoms with Gasteiger partial charge in [0.1, 0.15) is 0 Å². The number of benzene rings is 1. The van der Waals surface area contributed by atoms with Gasteiger partial charge in [-0.3, -0.25) is 4.90 Å². The molecule has 1 aromatic rings. The molecule has 0 radical (unpaired) electrons. The summed E-state index contributed by atoms with van der Waals surface area (Å²) in [7, 11) is 0. The van der Waals surface area contributed by atoms with E-state index < -0.39 is 5.60 Å². The molecule has 1 heterocycles. The average Bonchev–Trinajstić information content (AvgIpc) is 2.70. The maximum absolute atomic E-state index is 12.1. The van der Waals surface area contributed by atoms with Gasteiger partial charge in [0.25, 0.3) is 0 Å². The maximum Gasteiger partial charge on any atom is 0.415 e. The molecule has 1 saturated carbocycles. The number of ether oxygens (including phenoxy) is 1. The number of carbonyl (C=O) groups is 1. The molecule has 0 bridgehead atoms. The highest BCUT2D eigenvalue weighted by Gasteiger charge is 2.48. The molecule has 0 atom stereocenters. The number of hydrogen-bond acceptors (Lipinski definition) is 2. The fraction of sp³-hybridized carbons (Fsp3) is 0.471. The van der Waals surface area contributed by atoms with Gasteiger partial charge in [0.05, 0.1) is 5.70 Å². The third kappa shape index (κ3) is 2.33. The maximum atomic E-state index is 12.1. The van der Waals surface area contributed by atoms with Gasteiger partial charge in [0, 0.05) is 6.54 Å². The molecule has 1 saturated heterocycles. The summed E-state index contributed by atoms with van der Waals surface area (Å²) in [5.74, 6) is 0. The Kier molecular flexibility index (Phi) is 3.51. The van der Waals surface area contributed by atoms with Crippen LogP contribution in [0.3, 0.4) is 0 Å². The second kappa shape index (κ2) is 5.31. The summed E-state index contributed by atoms with van der Waals surface area (Å²) in [5, 5.41) is 0. The molecular weight excluding hydrogens is 250 g/mol. The zero-order valence-corrected chi connectivity index (χ0v) is 11.8. The van der Waals surface area contributed by atoms with Crippen LogP contribution < -0.4 is 0 Å². The Morgan fingerprint density at radius 1 is 1.15 bits per heavy atom. The van der Waals surface area contributed by atoms with Crippen LogP contribution in [0, 0.1) is 0 Å². The van der Waals surface area contributed by atoms with E-state index in [0.717, 1.165) is 37.8 Å². The Morgan fingerprint density at radius 2 is 1.85 bits per heavy atom. The molecule has 1 aliphatic heterocycles. The highest BCUT2D eigenvalue weighted by atomic mass is 16.6. The first-order valence-electron chi connectivity index (χ1n) is 7.45. The van der Waals surface area contributed by atoms with Crippen LogP contribution in [-0.4, -0.2) is 23.1 Å². The molecule has 0 unspecified atom stereocenters. The van der Waals surface area contributed by atoms with Crippen LogP contribution in [0.25, 0.3) is 0 Å². The van der Waals surface area contributed by atoms with Gasteiger partial charge in [0.2, 0.25) is 0 Å². The molecule has 1 aromatic carbocycles. The van der Waals surface area contributed by atoms with Gasteiger partial charge >= 0.3 is 6.09 Å². The predicted molar refractivity (Wildman–Crippen MR) is 78.3 cm³/mol. The lowest BCUT2D eigenvalue weighted by molar-refractivity contribution is 0.0402. The molecule has 1 aliphatic carbocycles. The van der Waals surface area contributed by atoms with Crippen LogP contribution >= 0.6 is 0 Å².